The zero-order valence-corrected chi connectivity index (χ0v) is 10.7. The summed E-state index contributed by atoms with van der Waals surface area (Å²) in [4.78, 5) is 21.8. The molecule has 1 rings (SSSR count). The number of carbonyl (C=O) groups is 1. The summed E-state index contributed by atoms with van der Waals surface area (Å²) in [7, 11) is 0. The van der Waals surface area contributed by atoms with E-state index >= 15 is 0 Å². The van der Waals surface area contributed by atoms with Gasteiger partial charge in [-0.05, 0) is 18.4 Å². The van der Waals surface area contributed by atoms with Gasteiger partial charge in [0, 0.05) is 12.1 Å². The van der Waals surface area contributed by atoms with Crippen LogP contribution in [0, 0.1) is 21.8 Å². The lowest BCUT2D eigenvalue weighted by Crippen LogP contribution is -2.36. The summed E-state index contributed by atoms with van der Waals surface area (Å²) in [5, 5.41) is 13.1. The number of anilines is 1. The van der Waals surface area contributed by atoms with Crippen molar-refractivity contribution in [3.63, 3.8) is 0 Å². The Kier molecular flexibility index (Phi) is 4.94. The van der Waals surface area contributed by atoms with Crippen LogP contribution >= 0.6 is 0 Å². The Bertz CT molecular complexity index is 491. The molecule has 0 spiro atoms. The van der Waals surface area contributed by atoms with Crippen molar-refractivity contribution in [2.75, 3.05) is 5.32 Å². The molecule has 104 valence electrons. The largest absolute Gasteiger partial charge is 0.320 e. The van der Waals surface area contributed by atoms with E-state index in [-0.39, 0.29) is 17.3 Å². The van der Waals surface area contributed by atoms with Crippen LogP contribution in [0.1, 0.15) is 20.3 Å². The molecule has 1 amide bonds. The number of nitrogens with zero attached hydrogens (tertiary/aromatic N) is 1. The van der Waals surface area contributed by atoms with E-state index in [2.05, 4.69) is 5.32 Å². The van der Waals surface area contributed by atoms with Crippen LogP contribution in [-0.2, 0) is 4.79 Å². The second kappa shape index (κ2) is 6.24. The van der Waals surface area contributed by atoms with Gasteiger partial charge in [0.1, 0.15) is 11.5 Å². The number of carbonyl (C=O) groups excluding carboxylic acids is 1. The zero-order chi connectivity index (χ0) is 14.6. The van der Waals surface area contributed by atoms with Crippen molar-refractivity contribution < 1.29 is 14.1 Å². The average molecular weight is 269 g/mol. The number of halogens is 1. The number of amides is 1. The molecule has 19 heavy (non-hydrogen) atoms. The van der Waals surface area contributed by atoms with Gasteiger partial charge in [-0.1, -0.05) is 13.8 Å². The third kappa shape index (κ3) is 4.29. The molecule has 0 unspecified atom stereocenters. The minimum Gasteiger partial charge on any atom is -0.320 e. The topological polar surface area (TPSA) is 98.3 Å². The molecule has 0 saturated heterocycles. The Morgan fingerprint density at radius 1 is 1.53 bits per heavy atom. The monoisotopic (exact) mass is 269 g/mol. The van der Waals surface area contributed by atoms with E-state index in [4.69, 9.17) is 5.73 Å². The highest BCUT2D eigenvalue weighted by Crippen LogP contribution is 2.25. The molecule has 3 N–H and O–H groups in total. The fourth-order valence-corrected chi connectivity index (χ4v) is 1.61. The summed E-state index contributed by atoms with van der Waals surface area (Å²) >= 11 is 0. The van der Waals surface area contributed by atoms with Crippen molar-refractivity contribution >= 4 is 17.3 Å². The third-order valence-corrected chi connectivity index (χ3v) is 2.48. The summed E-state index contributed by atoms with van der Waals surface area (Å²) in [6.45, 7) is 3.80. The number of nitrogens with two attached hydrogens (primary N) is 1. The number of benzene rings is 1. The lowest BCUT2D eigenvalue weighted by atomic mass is 10.0. The molecule has 0 bridgehead atoms. The van der Waals surface area contributed by atoms with Gasteiger partial charge in [0.2, 0.25) is 5.91 Å². The first kappa shape index (κ1) is 15.0. The number of nitro benzene ring substituents is 1. The van der Waals surface area contributed by atoms with Gasteiger partial charge >= 0.3 is 0 Å². The van der Waals surface area contributed by atoms with Gasteiger partial charge in [-0.2, -0.15) is 0 Å². The minimum absolute atomic E-state index is 0.186. The molecule has 0 fully saturated rings. The van der Waals surface area contributed by atoms with E-state index in [0.29, 0.717) is 6.42 Å². The maximum atomic E-state index is 13.1. The lowest BCUT2D eigenvalue weighted by molar-refractivity contribution is -0.384. The Balaban J connectivity index is 2.89. The van der Waals surface area contributed by atoms with Crippen LogP contribution in [0.5, 0.6) is 0 Å². The van der Waals surface area contributed by atoms with Crippen LogP contribution < -0.4 is 11.1 Å². The molecule has 1 atom stereocenters. The second-order valence-electron chi connectivity index (χ2n) is 4.64. The highest BCUT2D eigenvalue weighted by molar-refractivity contribution is 5.96. The maximum absolute atomic E-state index is 13.1. The second-order valence-corrected chi connectivity index (χ2v) is 4.64. The molecule has 0 aliphatic carbocycles. The maximum Gasteiger partial charge on any atom is 0.292 e. The van der Waals surface area contributed by atoms with Gasteiger partial charge in [-0.3, -0.25) is 14.9 Å². The Morgan fingerprint density at radius 2 is 2.16 bits per heavy atom. The summed E-state index contributed by atoms with van der Waals surface area (Å²) < 4.78 is 13.1. The molecule has 0 heterocycles. The third-order valence-electron chi connectivity index (χ3n) is 2.48. The predicted molar refractivity (Wildman–Crippen MR) is 69.1 cm³/mol. The summed E-state index contributed by atoms with van der Waals surface area (Å²) in [5.74, 6) is -1.02. The van der Waals surface area contributed by atoms with Gasteiger partial charge in [0.25, 0.3) is 5.69 Å². The minimum atomic E-state index is -0.789. The highest BCUT2D eigenvalue weighted by atomic mass is 19.1. The van der Waals surface area contributed by atoms with Gasteiger partial charge in [0.05, 0.1) is 11.0 Å². The van der Waals surface area contributed by atoms with Gasteiger partial charge < -0.3 is 11.1 Å². The van der Waals surface area contributed by atoms with Crippen molar-refractivity contribution in [2.24, 2.45) is 11.7 Å². The first-order chi connectivity index (χ1) is 8.81. The average Bonchev–Trinajstić information content (AvgIpc) is 2.27. The summed E-state index contributed by atoms with van der Waals surface area (Å²) in [6, 6.07) is 2.07. The fourth-order valence-electron chi connectivity index (χ4n) is 1.61. The summed E-state index contributed by atoms with van der Waals surface area (Å²) in [5.41, 5.74) is 5.10. The Hall–Kier alpha value is -2.02. The van der Waals surface area contributed by atoms with E-state index in [0.717, 1.165) is 18.2 Å². The van der Waals surface area contributed by atoms with E-state index in [9.17, 15) is 19.3 Å². The fraction of sp³-hybridized carbons (Fsp3) is 0.417. The lowest BCUT2D eigenvalue weighted by Gasteiger charge is -2.14. The number of nitro groups is 1. The Morgan fingerprint density at radius 3 is 2.68 bits per heavy atom. The van der Waals surface area contributed by atoms with Crippen molar-refractivity contribution in [1.82, 2.24) is 0 Å². The Labute approximate surface area is 109 Å². The van der Waals surface area contributed by atoms with Gasteiger partial charge in [-0.15, -0.1) is 0 Å². The van der Waals surface area contributed by atoms with Crippen LogP contribution in [0.15, 0.2) is 18.2 Å². The molecular weight excluding hydrogens is 253 g/mol. The zero-order valence-electron chi connectivity index (χ0n) is 10.7. The van der Waals surface area contributed by atoms with E-state index in [1.165, 1.54) is 0 Å². The highest BCUT2D eigenvalue weighted by Gasteiger charge is 2.20. The summed E-state index contributed by atoms with van der Waals surface area (Å²) in [6.07, 6.45) is 0.439. The molecule has 1 aromatic rings. The quantitative estimate of drug-likeness (QED) is 0.631. The molecule has 0 aliphatic rings. The number of hydrogen-bond acceptors (Lipinski definition) is 4. The first-order valence-corrected chi connectivity index (χ1v) is 5.81. The molecule has 1 aromatic carbocycles. The van der Waals surface area contributed by atoms with Crippen molar-refractivity contribution in [3.8, 4) is 0 Å². The van der Waals surface area contributed by atoms with E-state index in [1.54, 1.807) is 0 Å². The molecule has 7 heteroatoms. The van der Waals surface area contributed by atoms with Crippen LogP contribution in [0.3, 0.4) is 0 Å². The van der Waals surface area contributed by atoms with Crippen molar-refractivity contribution in [2.45, 2.75) is 26.3 Å². The SMILES string of the molecule is CC(C)C[C@@H](N)C(=O)Nc1cc(F)ccc1[N+](=O)[O-]. The van der Waals surface area contributed by atoms with Gasteiger partial charge in [-0.25, -0.2) is 4.39 Å². The van der Waals surface area contributed by atoms with Crippen LogP contribution in [0.2, 0.25) is 0 Å². The van der Waals surface area contributed by atoms with Crippen molar-refractivity contribution in [3.05, 3.63) is 34.1 Å². The standard InChI is InChI=1S/C12H16FN3O3/c1-7(2)5-9(14)12(17)15-10-6-8(13)3-4-11(10)16(18)19/h3-4,6-7,9H,5,14H2,1-2H3,(H,15,17)/t9-/m1/s1. The smallest absolute Gasteiger partial charge is 0.292 e. The molecule has 6 nitrogen and oxygen atoms in total. The first-order valence-electron chi connectivity index (χ1n) is 5.81. The molecule has 0 aliphatic heterocycles. The molecular formula is C12H16FN3O3. The van der Waals surface area contributed by atoms with E-state index in [1.807, 2.05) is 13.8 Å². The normalized spacial score (nSPS) is 12.3. The number of rotatable bonds is 5. The molecule has 0 saturated carbocycles. The van der Waals surface area contributed by atoms with Crippen molar-refractivity contribution in [1.29, 1.82) is 0 Å². The van der Waals surface area contributed by atoms with Crippen LogP contribution in [0.4, 0.5) is 15.8 Å². The van der Waals surface area contributed by atoms with Gasteiger partial charge in [0.15, 0.2) is 0 Å². The number of hydrogen-bond donors (Lipinski definition) is 2. The molecule has 0 radical (unpaired) electrons. The predicted octanol–water partition coefficient (Wildman–Crippen LogP) is 2.05. The molecule has 0 aromatic heterocycles. The number of nitrogens with one attached hydrogen (secondary N) is 1. The van der Waals surface area contributed by atoms with E-state index < -0.39 is 22.7 Å². The van der Waals surface area contributed by atoms with Crippen LogP contribution in [0.25, 0.3) is 0 Å². The van der Waals surface area contributed by atoms with Crippen LogP contribution in [-0.4, -0.2) is 16.9 Å².